The fraction of sp³-hybridized carbons (Fsp3) is 0.364. The van der Waals surface area contributed by atoms with Crippen LogP contribution < -0.4 is 15.4 Å². The zero-order valence-corrected chi connectivity index (χ0v) is 12.5. The molecular weight excluding hydrogens is 300 g/mol. The molecule has 0 radical (unpaired) electrons. The molecule has 1 atom stereocenters. The standard InChI is InChI=1S/C11H16N4O5S/c1-7(11(16)13-3)14-21(19,20)10-5-4-8(12-2)6-9(10)15(17)18/h4-7,12,14H,1-3H3,(H,13,16). The molecule has 1 rings (SSSR count). The van der Waals surface area contributed by atoms with E-state index in [0.717, 1.165) is 12.1 Å². The number of anilines is 1. The molecule has 116 valence electrons. The number of nitrogens with one attached hydrogen (secondary N) is 3. The molecule has 0 saturated heterocycles. The molecule has 0 saturated carbocycles. The number of hydrogen-bond donors (Lipinski definition) is 3. The maximum absolute atomic E-state index is 12.2. The Morgan fingerprint density at radius 3 is 2.43 bits per heavy atom. The number of nitro benzene ring substituents is 1. The van der Waals surface area contributed by atoms with Crippen LogP contribution in [0.25, 0.3) is 0 Å². The van der Waals surface area contributed by atoms with Crippen molar-refractivity contribution in [3.63, 3.8) is 0 Å². The number of carbonyl (C=O) groups is 1. The number of nitrogens with zero attached hydrogens (tertiary/aromatic N) is 1. The van der Waals surface area contributed by atoms with Crippen molar-refractivity contribution < 1.29 is 18.1 Å². The van der Waals surface area contributed by atoms with Crippen molar-refractivity contribution in [3.8, 4) is 0 Å². The maximum Gasteiger partial charge on any atom is 0.291 e. The summed E-state index contributed by atoms with van der Waals surface area (Å²) in [5, 5.41) is 16.0. The fourth-order valence-electron chi connectivity index (χ4n) is 1.61. The zero-order valence-electron chi connectivity index (χ0n) is 11.7. The van der Waals surface area contributed by atoms with Gasteiger partial charge in [-0.15, -0.1) is 0 Å². The lowest BCUT2D eigenvalue weighted by Gasteiger charge is -2.13. The van der Waals surface area contributed by atoms with E-state index in [2.05, 4.69) is 15.4 Å². The number of amides is 1. The number of hydrogen-bond acceptors (Lipinski definition) is 6. The van der Waals surface area contributed by atoms with Crippen LogP contribution in [0.4, 0.5) is 11.4 Å². The third-order valence-electron chi connectivity index (χ3n) is 2.71. The Hall–Kier alpha value is -2.20. The Kier molecular flexibility index (Phi) is 5.22. The number of carbonyl (C=O) groups excluding carboxylic acids is 1. The Morgan fingerprint density at radius 1 is 1.33 bits per heavy atom. The molecule has 9 nitrogen and oxygen atoms in total. The SMILES string of the molecule is CNC(=O)C(C)NS(=O)(=O)c1ccc(NC)cc1[N+](=O)[O-]. The summed E-state index contributed by atoms with van der Waals surface area (Å²) in [5.74, 6) is -0.548. The van der Waals surface area contributed by atoms with E-state index in [-0.39, 0.29) is 0 Å². The Balaban J connectivity index is 3.25. The molecule has 10 heteroatoms. The topological polar surface area (TPSA) is 130 Å². The van der Waals surface area contributed by atoms with Crippen molar-refractivity contribution in [3.05, 3.63) is 28.3 Å². The fourth-order valence-corrected chi connectivity index (χ4v) is 2.96. The van der Waals surface area contributed by atoms with Crippen LogP contribution in [0.5, 0.6) is 0 Å². The van der Waals surface area contributed by atoms with Crippen LogP contribution in [-0.2, 0) is 14.8 Å². The van der Waals surface area contributed by atoms with Crippen LogP contribution in [0, 0.1) is 10.1 Å². The van der Waals surface area contributed by atoms with Crippen molar-refractivity contribution in [1.29, 1.82) is 0 Å². The van der Waals surface area contributed by atoms with E-state index in [1.54, 1.807) is 7.05 Å². The van der Waals surface area contributed by atoms with Crippen LogP contribution >= 0.6 is 0 Å². The van der Waals surface area contributed by atoms with Gasteiger partial charge in [-0.3, -0.25) is 14.9 Å². The molecule has 0 spiro atoms. The molecule has 0 bridgehead atoms. The van der Waals surface area contributed by atoms with Gasteiger partial charge in [0.2, 0.25) is 15.9 Å². The smallest absolute Gasteiger partial charge is 0.291 e. The van der Waals surface area contributed by atoms with Gasteiger partial charge >= 0.3 is 0 Å². The van der Waals surface area contributed by atoms with Gasteiger partial charge in [-0.1, -0.05) is 0 Å². The second-order valence-corrected chi connectivity index (χ2v) is 5.83. The Labute approximate surface area is 121 Å². The lowest BCUT2D eigenvalue weighted by molar-refractivity contribution is -0.387. The molecule has 1 aromatic rings. The Bertz CT molecular complexity index is 659. The first kappa shape index (κ1) is 16.9. The largest absolute Gasteiger partial charge is 0.388 e. The normalized spacial score (nSPS) is 12.5. The minimum absolute atomic E-state index is 0.403. The number of rotatable bonds is 6. The van der Waals surface area contributed by atoms with Gasteiger partial charge in [-0.25, -0.2) is 8.42 Å². The summed E-state index contributed by atoms with van der Waals surface area (Å²) >= 11 is 0. The van der Waals surface area contributed by atoms with Crippen LogP contribution in [0.15, 0.2) is 23.1 Å². The van der Waals surface area contributed by atoms with Crippen LogP contribution in [0.3, 0.4) is 0 Å². The Morgan fingerprint density at radius 2 is 1.95 bits per heavy atom. The van der Waals surface area contributed by atoms with Crippen molar-refractivity contribution >= 4 is 27.3 Å². The predicted molar refractivity (Wildman–Crippen MR) is 76.5 cm³/mol. The summed E-state index contributed by atoms with van der Waals surface area (Å²) < 4.78 is 26.4. The summed E-state index contributed by atoms with van der Waals surface area (Å²) in [5.41, 5.74) is -0.168. The zero-order chi connectivity index (χ0) is 16.2. The van der Waals surface area contributed by atoms with E-state index in [0.29, 0.717) is 5.69 Å². The van der Waals surface area contributed by atoms with Crippen molar-refractivity contribution in [2.75, 3.05) is 19.4 Å². The van der Waals surface area contributed by atoms with Gasteiger partial charge < -0.3 is 10.6 Å². The quantitative estimate of drug-likeness (QED) is 0.502. The third-order valence-corrected chi connectivity index (χ3v) is 4.29. The summed E-state index contributed by atoms with van der Waals surface area (Å²) in [4.78, 5) is 21.1. The molecule has 0 aliphatic heterocycles. The summed E-state index contributed by atoms with van der Waals surface area (Å²) in [7, 11) is -1.28. The summed E-state index contributed by atoms with van der Waals surface area (Å²) in [6.07, 6.45) is 0. The third kappa shape index (κ3) is 3.89. The molecule has 1 amide bonds. The van der Waals surface area contributed by atoms with Gasteiger partial charge in [0.05, 0.1) is 11.0 Å². The monoisotopic (exact) mass is 316 g/mol. The number of likely N-dealkylation sites (N-methyl/N-ethyl adjacent to an activating group) is 1. The minimum Gasteiger partial charge on any atom is -0.388 e. The summed E-state index contributed by atoms with van der Waals surface area (Å²) in [6, 6.07) is 2.57. The highest BCUT2D eigenvalue weighted by Crippen LogP contribution is 2.27. The highest BCUT2D eigenvalue weighted by atomic mass is 32.2. The van der Waals surface area contributed by atoms with Gasteiger partial charge in [-0.2, -0.15) is 4.72 Å². The van der Waals surface area contributed by atoms with Crippen molar-refractivity contribution in [2.45, 2.75) is 17.9 Å². The average molecular weight is 316 g/mol. The second-order valence-electron chi connectivity index (χ2n) is 4.15. The highest BCUT2D eigenvalue weighted by Gasteiger charge is 2.29. The molecule has 21 heavy (non-hydrogen) atoms. The molecular formula is C11H16N4O5S. The second kappa shape index (κ2) is 6.50. The molecule has 0 fully saturated rings. The lowest BCUT2D eigenvalue weighted by Crippen LogP contribution is -2.43. The van der Waals surface area contributed by atoms with Crippen molar-refractivity contribution in [2.24, 2.45) is 0 Å². The van der Waals surface area contributed by atoms with Crippen LogP contribution in [-0.4, -0.2) is 39.4 Å². The molecule has 1 aromatic carbocycles. The number of sulfonamides is 1. The number of nitro groups is 1. The average Bonchev–Trinajstić information content (AvgIpc) is 2.44. The predicted octanol–water partition coefficient (Wildman–Crippen LogP) is 0.0493. The molecule has 1 unspecified atom stereocenters. The van der Waals surface area contributed by atoms with E-state index in [9.17, 15) is 23.3 Å². The first-order valence-electron chi connectivity index (χ1n) is 5.93. The van der Waals surface area contributed by atoms with Crippen LogP contribution in [0.2, 0.25) is 0 Å². The molecule has 0 heterocycles. The van der Waals surface area contributed by atoms with Gasteiger partial charge in [0, 0.05) is 25.8 Å². The highest BCUT2D eigenvalue weighted by molar-refractivity contribution is 7.89. The lowest BCUT2D eigenvalue weighted by atomic mass is 10.3. The molecule has 0 aromatic heterocycles. The molecule has 3 N–H and O–H groups in total. The number of benzene rings is 1. The first-order valence-corrected chi connectivity index (χ1v) is 7.41. The molecule has 0 aliphatic carbocycles. The van der Waals surface area contributed by atoms with Gasteiger partial charge in [0.1, 0.15) is 0 Å². The van der Waals surface area contributed by atoms with Crippen molar-refractivity contribution in [1.82, 2.24) is 10.0 Å². The van der Waals surface area contributed by atoms with E-state index in [4.69, 9.17) is 0 Å². The summed E-state index contributed by atoms with van der Waals surface area (Å²) in [6.45, 7) is 1.34. The van der Waals surface area contributed by atoms with E-state index >= 15 is 0 Å². The van der Waals surface area contributed by atoms with E-state index in [1.807, 2.05) is 0 Å². The van der Waals surface area contributed by atoms with E-state index < -0.39 is 37.5 Å². The van der Waals surface area contributed by atoms with E-state index in [1.165, 1.54) is 20.0 Å². The van der Waals surface area contributed by atoms with Gasteiger partial charge in [-0.05, 0) is 19.1 Å². The molecule has 0 aliphatic rings. The maximum atomic E-state index is 12.2. The van der Waals surface area contributed by atoms with Gasteiger partial charge in [0.25, 0.3) is 5.69 Å². The van der Waals surface area contributed by atoms with Crippen LogP contribution in [0.1, 0.15) is 6.92 Å². The van der Waals surface area contributed by atoms with Gasteiger partial charge in [0.15, 0.2) is 4.90 Å². The first-order chi connectivity index (χ1) is 9.72. The minimum atomic E-state index is -4.20.